The third-order valence-corrected chi connectivity index (χ3v) is 1.37. The van der Waals surface area contributed by atoms with Crippen molar-refractivity contribution in [2.75, 3.05) is 0 Å². The molecule has 70 valence electrons. The van der Waals surface area contributed by atoms with Gasteiger partial charge in [0.15, 0.2) is 0 Å². The maximum absolute atomic E-state index is 10.3. The normalized spacial score (nSPS) is 7.47. The second-order valence-corrected chi connectivity index (χ2v) is 2.17. The van der Waals surface area contributed by atoms with Crippen molar-refractivity contribution >= 4 is 11.9 Å². The molecule has 1 aromatic rings. The minimum Gasteiger partial charge on any atom is -0.870 e. The number of carbonyl (C=O) groups is 2. The van der Waals surface area contributed by atoms with Crippen molar-refractivity contribution in [3.63, 3.8) is 0 Å². The molecule has 0 aliphatic carbocycles. The van der Waals surface area contributed by atoms with Gasteiger partial charge in [0.1, 0.15) is 0 Å². The van der Waals surface area contributed by atoms with Gasteiger partial charge in [-0.05, 0) is 17.7 Å². The molecular formula is C8H6K2O5. The molecule has 7 heteroatoms. The molecule has 1 aromatic carbocycles. The Bertz CT molecular complexity index is 289. The molecule has 0 heterocycles. The summed E-state index contributed by atoms with van der Waals surface area (Å²) in [5.74, 6) is -2.40. The molecule has 0 unspecified atom stereocenters. The Labute approximate surface area is 171 Å². The van der Waals surface area contributed by atoms with Crippen molar-refractivity contribution in [3.8, 4) is 0 Å². The number of carboxylic acids is 2. The third kappa shape index (κ3) is 7.34. The van der Waals surface area contributed by atoms with Crippen LogP contribution in [0.1, 0.15) is 20.7 Å². The fourth-order valence-corrected chi connectivity index (χ4v) is 0.749. The second-order valence-electron chi connectivity index (χ2n) is 2.17. The molecule has 5 nitrogen and oxygen atoms in total. The number of aromatic carboxylic acids is 2. The molecule has 0 amide bonds. The minimum absolute atomic E-state index is 0. The van der Waals surface area contributed by atoms with Crippen LogP contribution in [0, 0.1) is 0 Å². The first kappa shape index (κ1) is 21.7. The van der Waals surface area contributed by atoms with Crippen LogP contribution in [0.25, 0.3) is 0 Å². The molecule has 0 aliphatic rings. The average molecular weight is 260 g/mol. The van der Waals surface area contributed by atoms with Crippen LogP contribution in [0.5, 0.6) is 0 Å². The molecule has 15 heavy (non-hydrogen) atoms. The van der Waals surface area contributed by atoms with E-state index >= 15 is 0 Å². The molecule has 0 fully saturated rings. The summed E-state index contributed by atoms with van der Waals surface area (Å²) in [4.78, 5) is 20.5. The number of benzene rings is 1. The summed E-state index contributed by atoms with van der Waals surface area (Å²) in [7, 11) is 0. The summed E-state index contributed by atoms with van der Waals surface area (Å²) in [6.07, 6.45) is 0. The van der Waals surface area contributed by atoms with Gasteiger partial charge in [0.05, 0.1) is 11.5 Å². The largest absolute Gasteiger partial charge is 1.00 e. The maximum Gasteiger partial charge on any atom is 1.00 e. The number of hydrogen-bond acceptors (Lipinski definition) is 4. The molecule has 0 bridgehead atoms. The van der Waals surface area contributed by atoms with E-state index in [-0.39, 0.29) is 119 Å². The van der Waals surface area contributed by atoms with Crippen molar-refractivity contribution in [3.05, 3.63) is 35.4 Å². The van der Waals surface area contributed by atoms with Gasteiger partial charge in [-0.1, -0.05) is 12.1 Å². The smallest absolute Gasteiger partial charge is 0.870 e. The number of rotatable bonds is 2. The quantitative estimate of drug-likeness (QED) is 0.532. The Morgan fingerprint density at radius 3 is 1.60 bits per heavy atom. The van der Waals surface area contributed by atoms with E-state index in [2.05, 4.69) is 0 Å². The molecule has 0 spiro atoms. The molecule has 0 radical (unpaired) electrons. The zero-order chi connectivity index (χ0) is 9.14. The van der Waals surface area contributed by atoms with Crippen LogP contribution in [-0.2, 0) is 0 Å². The molecular weight excluding hydrogens is 254 g/mol. The van der Waals surface area contributed by atoms with Crippen LogP contribution >= 0.6 is 0 Å². The zero-order valence-corrected chi connectivity index (χ0v) is 14.7. The van der Waals surface area contributed by atoms with E-state index in [1.807, 2.05) is 0 Å². The first-order valence-electron chi connectivity index (χ1n) is 3.16. The maximum atomic E-state index is 10.3. The Hall–Kier alpha value is 1.39. The molecule has 0 aliphatic heterocycles. The van der Waals surface area contributed by atoms with Gasteiger partial charge in [-0.2, -0.15) is 0 Å². The standard InChI is InChI=1S/C8H6O4.2K.H2O/c9-7(10)5-1-2-6(4-3-5)8(11)12;;;/h1-4H,(H,9,10)(H,11,12);;;1H2/q;2*+1;/p-2. The fourth-order valence-electron chi connectivity index (χ4n) is 0.749. The number of hydrogen-bond donors (Lipinski definition) is 1. The third-order valence-electron chi connectivity index (χ3n) is 1.37. The summed E-state index contributed by atoms with van der Waals surface area (Å²) in [5, 5.41) is 18.7. The SMILES string of the molecule is O=C([O-])c1ccc(C(=O)O)cc1.[K+].[K+].[OH-]. The Morgan fingerprint density at radius 1 is 1.00 bits per heavy atom. The van der Waals surface area contributed by atoms with Gasteiger partial charge >= 0.3 is 109 Å². The molecule has 2 N–H and O–H groups in total. The van der Waals surface area contributed by atoms with E-state index in [0.717, 1.165) is 0 Å². The van der Waals surface area contributed by atoms with E-state index in [0.29, 0.717) is 0 Å². The van der Waals surface area contributed by atoms with E-state index in [4.69, 9.17) is 5.11 Å². The summed E-state index contributed by atoms with van der Waals surface area (Å²) >= 11 is 0. The number of carboxylic acid groups (broad SMARTS) is 2. The van der Waals surface area contributed by atoms with Gasteiger partial charge < -0.3 is 20.5 Å². The molecule has 0 saturated heterocycles. The summed E-state index contributed by atoms with van der Waals surface area (Å²) < 4.78 is 0. The van der Waals surface area contributed by atoms with E-state index < -0.39 is 11.9 Å². The summed E-state index contributed by atoms with van der Waals surface area (Å²) in [6.45, 7) is 0. The van der Waals surface area contributed by atoms with Gasteiger partial charge in [0.25, 0.3) is 0 Å². The van der Waals surface area contributed by atoms with Crippen LogP contribution < -0.4 is 108 Å². The Balaban J connectivity index is -0.000000480. The number of carbonyl (C=O) groups excluding carboxylic acids is 1. The van der Waals surface area contributed by atoms with Crippen LogP contribution in [-0.4, -0.2) is 22.5 Å². The van der Waals surface area contributed by atoms with E-state index in [9.17, 15) is 14.7 Å². The molecule has 1 rings (SSSR count). The Morgan fingerprint density at radius 2 is 1.33 bits per heavy atom. The monoisotopic (exact) mass is 260 g/mol. The average Bonchev–Trinajstić information content (AvgIpc) is 2.04. The van der Waals surface area contributed by atoms with E-state index in [1.165, 1.54) is 24.3 Å². The molecule has 0 saturated carbocycles. The van der Waals surface area contributed by atoms with Crippen LogP contribution in [0.3, 0.4) is 0 Å². The van der Waals surface area contributed by atoms with Crippen LogP contribution in [0.15, 0.2) is 24.3 Å². The Kier molecular flexibility index (Phi) is 15.2. The summed E-state index contributed by atoms with van der Waals surface area (Å²) in [5.41, 5.74) is 0.0278. The van der Waals surface area contributed by atoms with Gasteiger partial charge in [-0.25, -0.2) is 4.79 Å². The first-order chi connectivity index (χ1) is 5.61. The summed E-state index contributed by atoms with van der Waals surface area (Å²) in [6, 6.07) is 4.82. The predicted octanol–water partition coefficient (Wildman–Crippen LogP) is -6.42. The van der Waals surface area contributed by atoms with Crippen LogP contribution in [0.2, 0.25) is 0 Å². The van der Waals surface area contributed by atoms with Crippen molar-refractivity contribution in [2.24, 2.45) is 0 Å². The molecule has 0 aromatic heterocycles. The minimum atomic E-state index is -1.31. The van der Waals surface area contributed by atoms with Gasteiger partial charge in [0, 0.05) is 0 Å². The van der Waals surface area contributed by atoms with Crippen molar-refractivity contribution in [1.29, 1.82) is 0 Å². The van der Waals surface area contributed by atoms with Gasteiger partial charge in [0.2, 0.25) is 0 Å². The van der Waals surface area contributed by atoms with Crippen molar-refractivity contribution in [2.45, 2.75) is 0 Å². The predicted molar refractivity (Wildman–Crippen MR) is 39.7 cm³/mol. The van der Waals surface area contributed by atoms with Crippen LogP contribution in [0.4, 0.5) is 0 Å². The second kappa shape index (κ2) is 10.5. The van der Waals surface area contributed by atoms with Gasteiger partial charge in [-0.15, -0.1) is 0 Å². The first-order valence-corrected chi connectivity index (χ1v) is 3.16. The topological polar surface area (TPSA) is 107 Å². The van der Waals surface area contributed by atoms with Gasteiger partial charge in [-0.3, -0.25) is 0 Å². The fraction of sp³-hybridized carbons (Fsp3) is 0. The van der Waals surface area contributed by atoms with Crippen molar-refractivity contribution < 1.29 is 128 Å². The van der Waals surface area contributed by atoms with Crippen molar-refractivity contribution in [1.82, 2.24) is 0 Å². The van der Waals surface area contributed by atoms with E-state index in [1.54, 1.807) is 0 Å². The molecule has 0 atom stereocenters. The zero-order valence-electron chi connectivity index (χ0n) is 8.43.